The van der Waals surface area contributed by atoms with Gasteiger partial charge in [-0.3, -0.25) is 0 Å². The van der Waals surface area contributed by atoms with E-state index < -0.39 is 0 Å². The first-order chi connectivity index (χ1) is 11.7. The molecule has 0 bridgehead atoms. The number of ether oxygens (including phenoxy) is 1. The predicted molar refractivity (Wildman–Crippen MR) is 92.9 cm³/mol. The lowest BCUT2D eigenvalue weighted by Gasteiger charge is -2.38. The Hall–Kier alpha value is -1.59. The average molecular weight is 329 g/mol. The van der Waals surface area contributed by atoms with Crippen molar-refractivity contribution in [2.45, 2.75) is 44.9 Å². The molecule has 0 aliphatic carbocycles. The number of morpholine rings is 1. The zero-order valence-corrected chi connectivity index (χ0v) is 14.5. The lowest BCUT2D eigenvalue weighted by molar-refractivity contribution is -0.00975. The van der Waals surface area contributed by atoms with Gasteiger partial charge in [-0.15, -0.1) is 0 Å². The Morgan fingerprint density at radius 3 is 3.00 bits per heavy atom. The molecule has 130 valence electrons. The van der Waals surface area contributed by atoms with Crippen LogP contribution in [-0.4, -0.2) is 54.7 Å². The molecule has 2 amide bonds. The minimum Gasteiger partial charge on any atom is -0.375 e. The van der Waals surface area contributed by atoms with E-state index in [1.165, 1.54) is 29.5 Å². The fourth-order valence-corrected chi connectivity index (χ4v) is 4.24. The molecule has 2 saturated heterocycles. The number of carbonyl (C=O) groups excluding carboxylic acids is 1. The monoisotopic (exact) mass is 329 g/mol. The molecule has 3 aliphatic rings. The van der Waals surface area contributed by atoms with Crippen molar-refractivity contribution >= 4 is 6.03 Å². The van der Waals surface area contributed by atoms with Crippen LogP contribution in [0.15, 0.2) is 18.2 Å². The van der Waals surface area contributed by atoms with Crippen LogP contribution in [0.4, 0.5) is 4.79 Å². The molecule has 4 rings (SSSR count). The van der Waals surface area contributed by atoms with E-state index in [0.29, 0.717) is 25.7 Å². The maximum Gasteiger partial charge on any atom is 0.320 e. The summed E-state index contributed by atoms with van der Waals surface area (Å²) in [6.45, 7) is 6.76. The Balaban J connectivity index is 1.53. The molecule has 2 atom stereocenters. The van der Waals surface area contributed by atoms with E-state index in [4.69, 9.17) is 4.74 Å². The van der Waals surface area contributed by atoms with Crippen LogP contribution in [0.2, 0.25) is 0 Å². The van der Waals surface area contributed by atoms with E-state index in [1.54, 1.807) is 0 Å². The first-order valence-electron chi connectivity index (χ1n) is 9.22. The second-order valence-electron chi connectivity index (χ2n) is 7.22. The Labute approximate surface area is 144 Å². The van der Waals surface area contributed by atoms with Crippen molar-refractivity contribution in [3.05, 3.63) is 34.9 Å². The van der Waals surface area contributed by atoms with Gasteiger partial charge in [0.05, 0.1) is 12.7 Å². The van der Waals surface area contributed by atoms with Crippen molar-refractivity contribution in [3.8, 4) is 0 Å². The number of rotatable bonds is 1. The molecule has 0 saturated carbocycles. The molecular formula is C19H27N3O2. The van der Waals surface area contributed by atoms with E-state index in [0.717, 1.165) is 26.1 Å². The number of fused-ring (bicyclic) bond motifs is 1. The molecule has 3 heterocycles. The van der Waals surface area contributed by atoms with Gasteiger partial charge in [0, 0.05) is 32.2 Å². The number of urea groups is 1. The summed E-state index contributed by atoms with van der Waals surface area (Å²) in [6, 6.07) is 7.28. The van der Waals surface area contributed by atoms with Crippen molar-refractivity contribution < 1.29 is 9.53 Å². The molecule has 1 aromatic rings. The van der Waals surface area contributed by atoms with Gasteiger partial charge in [0.25, 0.3) is 0 Å². The molecule has 1 N–H and O–H groups in total. The van der Waals surface area contributed by atoms with Crippen LogP contribution >= 0.6 is 0 Å². The largest absolute Gasteiger partial charge is 0.375 e. The predicted octanol–water partition coefficient (Wildman–Crippen LogP) is 2.31. The highest BCUT2D eigenvalue weighted by atomic mass is 16.5. The summed E-state index contributed by atoms with van der Waals surface area (Å²) in [7, 11) is 0. The summed E-state index contributed by atoms with van der Waals surface area (Å²) in [6.07, 6.45) is 3.54. The van der Waals surface area contributed by atoms with Crippen molar-refractivity contribution in [2.24, 2.45) is 0 Å². The maximum absolute atomic E-state index is 12.9. The quantitative estimate of drug-likeness (QED) is 0.860. The molecule has 0 unspecified atom stereocenters. The zero-order chi connectivity index (χ0) is 16.5. The molecule has 0 aromatic heterocycles. The van der Waals surface area contributed by atoms with Gasteiger partial charge in [0.2, 0.25) is 0 Å². The summed E-state index contributed by atoms with van der Waals surface area (Å²) in [5, 5.41) is 3.61. The normalized spacial score (nSPS) is 27.2. The van der Waals surface area contributed by atoms with Gasteiger partial charge >= 0.3 is 6.03 Å². The van der Waals surface area contributed by atoms with Gasteiger partial charge in [-0.25, -0.2) is 4.79 Å². The first-order valence-corrected chi connectivity index (χ1v) is 9.22. The Bertz CT molecular complexity index is 613. The van der Waals surface area contributed by atoms with Crippen LogP contribution in [-0.2, 0) is 17.7 Å². The Morgan fingerprint density at radius 2 is 2.21 bits per heavy atom. The lowest BCUT2D eigenvalue weighted by Crippen LogP contribution is -2.51. The summed E-state index contributed by atoms with van der Waals surface area (Å²) >= 11 is 0. The highest BCUT2D eigenvalue weighted by molar-refractivity contribution is 5.75. The summed E-state index contributed by atoms with van der Waals surface area (Å²) in [5.41, 5.74) is 4.19. The van der Waals surface area contributed by atoms with Crippen molar-refractivity contribution in [1.82, 2.24) is 15.1 Å². The topological polar surface area (TPSA) is 44.8 Å². The fourth-order valence-electron chi connectivity index (χ4n) is 4.24. The highest BCUT2D eigenvalue weighted by Crippen LogP contribution is 2.31. The highest BCUT2D eigenvalue weighted by Gasteiger charge is 2.30. The van der Waals surface area contributed by atoms with Gasteiger partial charge in [-0.05, 0) is 49.4 Å². The molecule has 1 aromatic carbocycles. The third-order valence-corrected chi connectivity index (χ3v) is 5.53. The molecule has 3 aliphatic heterocycles. The molecule has 0 radical (unpaired) electrons. The second kappa shape index (κ2) is 6.73. The number of hydrogen-bond acceptors (Lipinski definition) is 3. The third-order valence-electron chi connectivity index (χ3n) is 5.53. The lowest BCUT2D eigenvalue weighted by atomic mass is 9.91. The number of carbonyl (C=O) groups is 1. The number of hydrogen-bond donors (Lipinski definition) is 1. The van der Waals surface area contributed by atoms with Crippen LogP contribution in [0.25, 0.3) is 0 Å². The SMILES string of the molecule is C[C@H]1CN(C(=O)N2CCc3cccc([C@@H]4CCCN4)c3C2)CCO1. The molecule has 5 heteroatoms. The minimum absolute atomic E-state index is 0.137. The third kappa shape index (κ3) is 3.03. The van der Waals surface area contributed by atoms with Crippen LogP contribution in [0.5, 0.6) is 0 Å². The number of benzene rings is 1. The standard InChI is InChI=1S/C19H27N3O2/c1-14-12-22(10-11-24-14)19(23)21-9-7-15-4-2-5-16(17(15)13-21)18-6-3-8-20-18/h2,4-5,14,18,20H,3,6-13H2,1H3/t14-,18-/m0/s1. The van der Waals surface area contributed by atoms with Crippen molar-refractivity contribution in [1.29, 1.82) is 0 Å². The Morgan fingerprint density at radius 1 is 1.29 bits per heavy atom. The van der Waals surface area contributed by atoms with Gasteiger partial charge in [-0.1, -0.05) is 18.2 Å². The summed E-state index contributed by atoms with van der Waals surface area (Å²) in [5.74, 6) is 0. The first kappa shape index (κ1) is 15.9. The van der Waals surface area contributed by atoms with E-state index in [1.807, 2.05) is 16.7 Å². The van der Waals surface area contributed by atoms with Crippen LogP contribution in [0.1, 0.15) is 42.5 Å². The molecule has 24 heavy (non-hydrogen) atoms. The molecule has 0 spiro atoms. The van der Waals surface area contributed by atoms with Crippen LogP contribution in [0.3, 0.4) is 0 Å². The van der Waals surface area contributed by atoms with Gasteiger partial charge in [-0.2, -0.15) is 0 Å². The number of nitrogens with zero attached hydrogens (tertiary/aromatic N) is 2. The average Bonchev–Trinajstić information content (AvgIpc) is 3.14. The van der Waals surface area contributed by atoms with Crippen molar-refractivity contribution in [3.63, 3.8) is 0 Å². The summed E-state index contributed by atoms with van der Waals surface area (Å²) < 4.78 is 5.57. The molecular weight excluding hydrogens is 302 g/mol. The fraction of sp³-hybridized carbons (Fsp3) is 0.632. The molecule has 2 fully saturated rings. The smallest absolute Gasteiger partial charge is 0.320 e. The second-order valence-corrected chi connectivity index (χ2v) is 7.22. The van der Waals surface area contributed by atoms with E-state index in [-0.39, 0.29) is 12.1 Å². The number of amides is 2. The molecule has 5 nitrogen and oxygen atoms in total. The van der Waals surface area contributed by atoms with E-state index in [2.05, 4.69) is 23.5 Å². The Kier molecular flexibility index (Phi) is 4.46. The minimum atomic E-state index is 0.137. The van der Waals surface area contributed by atoms with Crippen LogP contribution in [0, 0.1) is 0 Å². The van der Waals surface area contributed by atoms with Crippen molar-refractivity contribution in [2.75, 3.05) is 32.8 Å². The van der Waals surface area contributed by atoms with Gasteiger partial charge in [0.15, 0.2) is 0 Å². The van der Waals surface area contributed by atoms with Gasteiger partial charge in [0.1, 0.15) is 0 Å². The van der Waals surface area contributed by atoms with Gasteiger partial charge < -0.3 is 19.9 Å². The zero-order valence-electron chi connectivity index (χ0n) is 14.5. The van der Waals surface area contributed by atoms with E-state index in [9.17, 15) is 4.79 Å². The van der Waals surface area contributed by atoms with E-state index >= 15 is 0 Å². The van der Waals surface area contributed by atoms with Crippen LogP contribution < -0.4 is 5.32 Å². The maximum atomic E-state index is 12.9. The number of nitrogens with one attached hydrogen (secondary N) is 1. The summed E-state index contributed by atoms with van der Waals surface area (Å²) in [4.78, 5) is 16.9.